The monoisotopic (exact) mass is 299 g/mol. The Morgan fingerprint density at radius 2 is 1.19 bits per heavy atom. The van der Waals surface area contributed by atoms with Gasteiger partial charge >= 0.3 is 6.09 Å². The van der Waals surface area contributed by atoms with Gasteiger partial charge in [-0.3, -0.25) is 0 Å². The van der Waals surface area contributed by atoms with E-state index in [1.54, 1.807) is 0 Å². The first-order valence-electron chi connectivity index (χ1n) is 9.17. The van der Waals surface area contributed by atoms with Gasteiger partial charge < -0.3 is 9.64 Å². The summed E-state index contributed by atoms with van der Waals surface area (Å²) in [5.74, 6) is 0. The van der Waals surface area contributed by atoms with Gasteiger partial charge in [0.15, 0.2) is 0 Å². The number of hydrogen-bond donors (Lipinski definition) is 0. The molecule has 0 bridgehead atoms. The molecule has 3 heteroatoms. The molecule has 0 fully saturated rings. The van der Waals surface area contributed by atoms with E-state index in [9.17, 15) is 4.79 Å². The van der Waals surface area contributed by atoms with Crippen molar-refractivity contribution < 1.29 is 9.53 Å². The predicted molar refractivity (Wildman–Crippen MR) is 90.7 cm³/mol. The standard InChI is InChI=1S/C18H37NO2/c1-4-7-10-11-14-17-21-18(20)19(15-12-8-5-2)16-13-9-6-3/h4-17H2,1-3H3. The summed E-state index contributed by atoms with van der Waals surface area (Å²) in [6.07, 6.45) is 12.8. The number of ether oxygens (including phenoxy) is 1. The summed E-state index contributed by atoms with van der Waals surface area (Å²) < 4.78 is 5.43. The molecule has 0 radical (unpaired) electrons. The SMILES string of the molecule is CCCCCCCOC(=O)N(CCCCC)CCCCC. The van der Waals surface area contributed by atoms with Gasteiger partial charge in [-0.05, 0) is 19.3 Å². The number of carbonyl (C=O) groups is 1. The summed E-state index contributed by atoms with van der Waals surface area (Å²) in [4.78, 5) is 14.0. The highest BCUT2D eigenvalue weighted by atomic mass is 16.6. The molecule has 0 aliphatic carbocycles. The number of unbranched alkanes of at least 4 members (excludes halogenated alkanes) is 8. The zero-order valence-electron chi connectivity index (χ0n) is 14.7. The Balaban J connectivity index is 3.87. The van der Waals surface area contributed by atoms with E-state index < -0.39 is 0 Å². The third-order valence-electron chi connectivity index (χ3n) is 3.79. The summed E-state index contributed by atoms with van der Waals surface area (Å²) in [6.45, 7) is 8.88. The van der Waals surface area contributed by atoms with Crippen molar-refractivity contribution in [3.63, 3.8) is 0 Å². The molecular formula is C18H37NO2. The van der Waals surface area contributed by atoms with Crippen molar-refractivity contribution in [1.29, 1.82) is 0 Å². The van der Waals surface area contributed by atoms with Crippen molar-refractivity contribution in [2.45, 2.75) is 91.4 Å². The van der Waals surface area contributed by atoms with Crippen LogP contribution in [0.4, 0.5) is 4.79 Å². The van der Waals surface area contributed by atoms with Crippen LogP contribution >= 0.6 is 0 Å². The number of hydrogen-bond acceptors (Lipinski definition) is 2. The van der Waals surface area contributed by atoms with Crippen molar-refractivity contribution in [2.75, 3.05) is 19.7 Å². The molecule has 0 aromatic rings. The second kappa shape index (κ2) is 15.7. The smallest absolute Gasteiger partial charge is 0.409 e. The minimum atomic E-state index is -0.0994. The first-order valence-corrected chi connectivity index (χ1v) is 9.17. The summed E-state index contributed by atoms with van der Waals surface area (Å²) in [7, 11) is 0. The summed E-state index contributed by atoms with van der Waals surface area (Å²) in [5.41, 5.74) is 0. The predicted octanol–water partition coefficient (Wildman–Crippen LogP) is 5.78. The molecule has 0 aliphatic heterocycles. The highest BCUT2D eigenvalue weighted by molar-refractivity contribution is 5.67. The Hall–Kier alpha value is -0.730. The number of nitrogens with zero attached hydrogens (tertiary/aromatic N) is 1. The normalized spacial score (nSPS) is 10.6. The Bertz CT molecular complexity index is 221. The third-order valence-corrected chi connectivity index (χ3v) is 3.79. The first kappa shape index (κ1) is 20.3. The lowest BCUT2D eigenvalue weighted by atomic mass is 10.2. The summed E-state index contributed by atoms with van der Waals surface area (Å²) in [6, 6.07) is 0. The van der Waals surface area contributed by atoms with Gasteiger partial charge in [0.1, 0.15) is 0 Å². The molecule has 0 aromatic carbocycles. The topological polar surface area (TPSA) is 29.5 Å². The lowest BCUT2D eigenvalue weighted by Gasteiger charge is -2.22. The lowest BCUT2D eigenvalue weighted by Crippen LogP contribution is -2.33. The highest BCUT2D eigenvalue weighted by Crippen LogP contribution is 2.07. The second-order valence-corrected chi connectivity index (χ2v) is 5.93. The largest absolute Gasteiger partial charge is 0.449 e. The van der Waals surface area contributed by atoms with E-state index in [1.807, 2.05) is 4.90 Å². The Kier molecular flexibility index (Phi) is 15.1. The maximum absolute atomic E-state index is 12.1. The lowest BCUT2D eigenvalue weighted by molar-refractivity contribution is 0.0990. The van der Waals surface area contributed by atoms with E-state index in [1.165, 1.54) is 51.4 Å². The van der Waals surface area contributed by atoms with Crippen LogP contribution in [0.25, 0.3) is 0 Å². The number of carbonyl (C=O) groups excluding carboxylic acids is 1. The molecule has 0 N–H and O–H groups in total. The molecule has 0 aliphatic rings. The van der Waals surface area contributed by atoms with E-state index in [2.05, 4.69) is 20.8 Å². The second-order valence-electron chi connectivity index (χ2n) is 5.93. The fraction of sp³-hybridized carbons (Fsp3) is 0.944. The van der Waals surface area contributed by atoms with Crippen LogP contribution in [0.5, 0.6) is 0 Å². The van der Waals surface area contributed by atoms with Crippen LogP contribution in [0.2, 0.25) is 0 Å². The van der Waals surface area contributed by atoms with E-state index in [0.717, 1.165) is 32.4 Å². The van der Waals surface area contributed by atoms with Crippen LogP contribution in [0.15, 0.2) is 0 Å². The van der Waals surface area contributed by atoms with Crippen molar-refractivity contribution in [3.8, 4) is 0 Å². The van der Waals surface area contributed by atoms with E-state index in [4.69, 9.17) is 4.74 Å². The van der Waals surface area contributed by atoms with Gasteiger partial charge in [-0.1, -0.05) is 72.1 Å². The molecule has 3 nitrogen and oxygen atoms in total. The van der Waals surface area contributed by atoms with Gasteiger partial charge in [-0.25, -0.2) is 4.79 Å². The number of amides is 1. The van der Waals surface area contributed by atoms with Gasteiger partial charge in [0.05, 0.1) is 6.61 Å². The zero-order valence-corrected chi connectivity index (χ0v) is 14.7. The Morgan fingerprint density at radius 1 is 0.714 bits per heavy atom. The molecule has 126 valence electrons. The Morgan fingerprint density at radius 3 is 1.71 bits per heavy atom. The zero-order chi connectivity index (χ0) is 15.8. The fourth-order valence-corrected chi connectivity index (χ4v) is 2.36. The molecule has 0 atom stereocenters. The molecule has 0 unspecified atom stereocenters. The number of rotatable bonds is 14. The van der Waals surface area contributed by atoms with Crippen LogP contribution < -0.4 is 0 Å². The average Bonchev–Trinajstić information content (AvgIpc) is 2.49. The highest BCUT2D eigenvalue weighted by Gasteiger charge is 2.13. The van der Waals surface area contributed by atoms with Crippen LogP contribution in [0, 0.1) is 0 Å². The quantitative estimate of drug-likeness (QED) is 0.381. The average molecular weight is 299 g/mol. The molecule has 0 aromatic heterocycles. The summed E-state index contributed by atoms with van der Waals surface area (Å²) in [5, 5.41) is 0. The maximum atomic E-state index is 12.1. The van der Waals surface area contributed by atoms with Gasteiger partial charge in [-0.15, -0.1) is 0 Å². The maximum Gasteiger partial charge on any atom is 0.409 e. The van der Waals surface area contributed by atoms with Crippen molar-refractivity contribution in [2.24, 2.45) is 0 Å². The van der Waals surface area contributed by atoms with Gasteiger partial charge in [0.2, 0.25) is 0 Å². The van der Waals surface area contributed by atoms with Gasteiger partial charge in [-0.2, -0.15) is 0 Å². The van der Waals surface area contributed by atoms with Crippen LogP contribution in [-0.4, -0.2) is 30.7 Å². The molecule has 0 saturated carbocycles. The third kappa shape index (κ3) is 12.7. The minimum absolute atomic E-state index is 0.0994. The molecule has 21 heavy (non-hydrogen) atoms. The van der Waals surface area contributed by atoms with Gasteiger partial charge in [0, 0.05) is 13.1 Å². The van der Waals surface area contributed by atoms with Crippen LogP contribution in [0.1, 0.15) is 91.4 Å². The molecular weight excluding hydrogens is 262 g/mol. The van der Waals surface area contributed by atoms with E-state index in [0.29, 0.717) is 6.61 Å². The van der Waals surface area contributed by atoms with Gasteiger partial charge in [0.25, 0.3) is 0 Å². The molecule has 1 amide bonds. The molecule has 0 heterocycles. The van der Waals surface area contributed by atoms with Crippen LogP contribution in [0.3, 0.4) is 0 Å². The minimum Gasteiger partial charge on any atom is -0.449 e. The van der Waals surface area contributed by atoms with E-state index in [-0.39, 0.29) is 6.09 Å². The summed E-state index contributed by atoms with van der Waals surface area (Å²) >= 11 is 0. The molecule has 0 rings (SSSR count). The molecule has 0 saturated heterocycles. The fourth-order valence-electron chi connectivity index (χ4n) is 2.36. The first-order chi connectivity index (χ1) is 10.3. The molecule has 0 spiro atoms. The van der Waals surface area contributed by atoms with Crippen molar-refractivity contribution in [1.82, 2.24) is 4.90 Å². The van der Waals surface area contributed by atoms with Crippen LogP contribution in [-0.2, 0) is 4.74 Å². The van der Waals surface area contributed by atoms with E-state index >= 15 is 0 Å². The van der Waals surface area contributed by atoms with Crippen molar-refractivity contribution >= 4 is 6.09 Å². The van der Waals surface area contributed by atoms with Crippen molar-refractivity contribution in [3.05, 3.63) is 0 Å². The Labute approximate surface area is 132 Å².